The summed E-state index contributed by atoms with van der Waals surface area (Å²) in [5.41, 5.74) is 5.58. The number of nitrogens with two attached hydrogens (primary N) is 1. The molecule has 0 fully saturated rings. The molecule has 96 valence electrons. The summed E-state index contributed by atoms with van der Waals surface area (Å²) in [4.78, 5) is 0. The fourth-order valence-corrected chi connectivity index (χ4v) is 2.17. The average Bonchev–Trinajstić information content (AvgIpc) is 2.29. The monoisotopic (exact) mass is 260 g/mol. The van der Waals surface area contributed by atoms with Crippen molar-refractivity contribution in [3.63, 3.8) is 0 Å². The summed E-state index contributed by atoms with van der Waals surface area (Å²) in [6.07, 6.45) is 0. The number of methoxy groups -OCH3 is 2. The van der Waals surface area contributed by atoms with Gasteiger partial charge < -0.3 is 15.2 Å². The third kappa shape index (κ3) is 3.79. The lowest BCUT2D eigenvalue weighted by Crippen LogP contribution is -2.22. The maximum atomic E-state index is 11.5. The highest BCUT2D eigenvalue weighted by Crippen LogP contribution is 2.29. The molecule has 0 aliphatic carbocycles. The molecule has 0 aliphatic rings. The van der Waals surface area contributed by atoms with E-state index >= 15 is 0 Å². The van der Waals surface area contributed by atoms with Crippen molar-refractivity contribution in [2.45, 2.75) is 0 Å². The quantitative estimate of drug-likeness (QED) is 0.772. The van der Waals surface area contributed by atoms with Crippen molar-refractivity contribution in [1.82, 2.24) is 0 Å². The molecule has 3 N–H and O–H groups in total. The Labute approximate surface area is 101 Å². The lowest BCUT2D eigenvalue weighted by molar-refractivity contribution is 0.395. The SMILES string of the molecule is COc1ccc(NS(=O)(=O)CCN)c(OC)c1. The van der Waals surface area contributed by atoms with E-state index in [0.29, 0.717) is 17.2 Å². The molecular formula is C10H16N2O4S. The van der Waals surface area contributed by atoms with Crippen LogP contribution in [-0.4, -0.2) is 34.9 Å². The first-order valence-corrected chi connectivity index (χ1v) is 6.60. The molecule has 1 aromatic carbocycles. The molecule has 1 aromatic rings. The summed E-state index contributed by atoms with van der Waals surface area (Å²) >= 11 is 0. The molecule has 0 saturated carbocycles. The first kappa shape index (κ1) is 13.6. The van der Waals surface area contributed by atoms with Crippen LogP contribution in [0.1, 0.15) is 0 Å². The third-order valence-electron chi connectivity index (χ3n) is 2.06. The molecule has 7 heteroatoms. The molecule has 0 bridgehead atoms. The Morgan fingerprint density at radius 1 is 1.29 bits per heavy atom. The molecule has 0 heterocycles. The van der Waals surface area contributed by atoms with Crippen molar-refractivity contribution in [3.8, 4) is 11.5 Å². The maximum Gasteiger partial charge on any atom is 0.234 e. The number of anilines is 1. The predicted octanol–water partition coefficient (Wildman–Crippen LogP) is 0.404. The minimum absolute atomic E-state index is 0.0633. The number of benzene rings is 1. The van der Waals surface area contributed by atoms with Gasteiger partial charge in [-0.05, 0) is 12.1 Å². The maximum absolute atomic E-state index is 11.5. The summed E-state index contributed by atoms with van der Waals surface area (Å²) in [5.74, 6) is 0.843. The van der Waals surface area contributed by atoms with Gasteiger partial charge in [-0.3, -0.25) is 4.72 Å². The van der Waals surface area contributed by atoms with E-state index in [0.717, 1.165) is 0 Å². The van der Waals surface area contributed by atoms with E-state index in [1.807, 2.05) is 0 Å². The smallest absolute Gasteiger partial charge is 0.234 e. The number of rotatable bonds is 6. The van der Waals surface area contributed by atoms with Gasteiger partial charge in [0.2, 0.25) is 10.0 Å². The van der Waals surface area contributed by atoms with Gasteiger partial charge in [-0.25, -0.2) is 8.42 Å². The van der Waals surface area contributed by atoms with Crippen molar-refractivity contribution in [1.29, 1.82) is 0 Å². The topological polar surface area (TPSA) is 90.7 Å². The van der Waals surface area contributed by atoms with E-state index in [1.54, 1.807) is 18.2 Å². The predicted molar refractivity (Wildman–Crippen MR) is 66.0 cm³/mol. The lowest BCUT2D eigenvalue weighted by atomic mass is 10.3. The van der Waals surface area contributed by atoms with Gasteiger partial charge in [-0.1, -0.05) is 0 Å². The number of nitrogens with one attached hydrogen (secondary N) is 1. The van der Waals surface area contributed by atoms with Crippen molar-refractivity contribution in [2.24, 2.45) is 5.73 Å². The molecule has 0 aliphatic heterocycles. The summed E-state index contributed by atoms with van der Waals surface area (Å²) in [5, 5.41) is 0. The van der Waals surface area contributed by atoms with E-state index < -0.39 is 10.0 Å². The Kier molecular flexibility index (Phi) is 4.59. The van der Waals surface area contributed by atoms with Crippen LogP contribution in [-0.2, 0) is 10.0 Å². The first-order chi connectivity index (χ1) is 8.02. The summed E-state index contributed by atoms with van der Waals surface area (Å²) < 4.78 is 35.6. The van der Waals surface area contributed by atoms with Crippen LogP contribution >= 0.6 is 0 Å². The van der Waals surface area contributed by atoms with Gasteiger partial charge in [0.05, 0.1) is 25.7 Å². The minimum atomic E-state index is -3.43. The first-order valence-electron chi connectivity index (χ1n) is 4.95. The van der Waals surface area contributed by atoms with Crippen LogP contribution in [0.5, 0.6) is 11.5 Å². The Balaban J connectivity index is 2.98. The fraction of sp³-hybridized carbons (Fsp3) is 0.400. The summed E-state index contributed by atoms with van der Waals surface area (Å²) in [7, 11) is -0.458. The second-order valence-corrected chi connectivity index (χ2v) is 5.12. The zero-order valence-electron chi connectivity index (χ0n) is 9.76. The standard InChI is InChI=1S/C10H16N2O4S/c1-15-8-3-4-9(10(7-8)16-2)12-17(13,14)6-5-11/h3-4,7,12H,5-6,11H2,1-2H3. The Morgan fingerprint density at radius 3 is 2.53 bits per heavy atom. The van der Waals surface area contributed by atoms with E-state index in [9.17, 15) is 8.42 Å². The molecule has 17 heavy (non-hydrogen) atoms. The van der Waals surface area contributed by atoms with Gasteiger partial charge in [-0.15, -0.1) is 0 Å². The average molecular weight is 260 g/mol. The van der Waals surface area contributed by atoms with Gasteiger partial charge >= 0.3 is 0 Å². The summed E-state index contributed by atoms with van der Waals surface area (Å²) in [6, 6.07) is 4.81. The number of hydrogen-bond donors (Lipinski definition) is 2. The fourth-order valence-electron chi connectivity index (χ4n) is 1.26. The van der Waals surface area contributed by atoms with Crippen LogP contribution in [0, 0.1) is 0 Å². The Hall–Kier alpha value is -1.47. The molecule has 0 unspecified atom stereocenters. The molecule has 1 rings (SSSR count). The van der Waals surface area contributed by atoms with Gasteiger partial charge in [0.1, 0.15) is 11.5 Å². The second kappa shape index (κ2) is 5.74. The third-order valence-corrected chi connectivity index (χ3v) is 3.36. The molecule has 0 amide bonds. The number of ether oxygens (including phenoxy) is 2. The molecule has 0 aromatic heterocycles. The minimum Gasteiger partial charge on any atom is -0.497 e. The molecule has 0 spiro atoms. The largest absolute Gasteiger partial charge is 0.497 e. The van der Waals surface area contributed by atoms with Crippen molar-refractivity contribution >= 4 is 15.7 Å². The molecule has 0 atom stereocenters. The number of sulfonamides is 1. The normalized spacial score (nSPS) is 11.0. The molecular weight excluding hydrogens is 244 g/mol. The van der Waals surface area contributed by atoms with Crippen LogP contribution in [0.3, 0.4) is 0 Å². The second-order valence-electron chi connectivity index (χ2n) is 3.28. The Morgan fingerprint density at radius 2 is 2.00 bits per heavy atom. The van der Waals surface area contributed by atoms with Gasteiger partial charge in [0, 0.05) is 12.6 Å². The van der Waals surface area contributed by atoms with Crippen LogP contribution in [0.4, 0.5) is 5.69 Å². The van der Waals surface area contributed by atoms with Gasteiger partial charge in [0.25, 0.3) is 0 Å². The van der Waals surface area contributed by atoms with E-state index in [-0.39, 0.29) is 12.3 Å². The molecule has 0 saturated heterocycles. The zero-order valence-corrected chi connectivity index (χ0v) is 10.6. The van der Waals surface area contributed by atoms with Crippen LogP contribution in [0.25, 0.3) is 0 Å². The van der Waals surface area contributed by atoms with Crippen LogP contribution in [0.15, 0.2) is 18.2 Å². The highest BCUT2D eigenvalue weighted by Gasteiger charge is 2.13. The van der Waals surface area contributed by atoms with Crippen LogP contribution in [0.2, 0.25) is 0 Å². The van der Waals surface area contributed by atoms with Crippen molar-refractivity contribution in [2.75, 3.05) is 31.2 Å². The van der Waals surface area contributed by atoms with E-state index in [2.05, 4.69) is 4.72 Å². The highest BCUT2D eigenvalue weighted by molar-refractivity contribution is 7.92. The highest BCUT2D eigenvalue weighted by atomic mass is 32.2. The van der Waals surface area contributed by atoms with Gasteiger partial charge in [-0.2, -0.15) is 0 Å². The molecule has 6 nitrogen and oxygen atoms in total. The van der Waals surface area contributed by atoms with Crippen LogP contribution < -0.4 is 19.9 Å². The molecule has 0 radical (unpaired) electrons. The number of hydrogen-bond acceptors (Lipinski definition) is 5. The van der Waals surface area contributed by atoms with Gasteiger partial charge in [0.15, 0.2) is 0 Å². The van der Waals surface area contributed by atoms with E-state index in [1.165, 1.54) is 14.2 Å². The van der Waals surface area contributed by atoms with Crippen molar-refractivity contribution < 1.29 is 17.9 Å². The Bertz CT molecular complexity index is 473. The summed E-state index contributed by atoms with van der Waals surface area (Å²) in [6.45, 7) is 0.0633. The van der Waals surface area contributed by atoms with E-state index in [4.69, 9.17) is 15.2 Å². The zero-order chi connectivity index (χ0) is 12.9. The lowest BCUT2D eigenvalue weighted by Gasteiger charge is -2.12. The van der Waals surface area contributed by atoms with Crippen molar-refractivity contribution in [3.05, 3.63) is 18.2 Å².